The van der Waals surface area contributed by atoms with Gasteiger partial charge in [0.1, 0.15) is 23.1 Å². The quantitative estimate of drug-likeness (QED) is 0.275. The number of halogens is 1. The summed E-state index contributed by atoms with van der Waals surface area (Å²) in [4.78, 5) is 27.8. The molecule has 1 atom stereocenters. The maximum atomic E-state index is 13.7. The third-order valence-corrected chi connectivity index (χ3v) is 5.87. The zero-order chi connectivity index (χ0) is 25.1. The van der Waals surface area contributed by atoms with Crippen molar-refractivity contribution in [3.8, 4) is 11.5 Å². The minimum absolute atomic E-state index is 0.0777. The van der Waals surface area contributed by atoms with Crippen molar-refractivity contribution >= 4 is 23.1 Å². The largest absolute Gasteiger partial charge is 0.507 e. The van der Waals surface area contributed by atoms with Gasteiger partial charge in [0.15, 0.2) is 0 Å². The molecule has 0 aromatic heterocycles. The summed E-state index contributed by atoms with van der Waals surface area (Å²) in [5.41, 5.74) is 1.98. The number of anilines is 1. The number of ketones is 1. The summed E-state index contributed by atoms with van der Waals surface area (Å²) in [6, 6.07) is 16.4. The van der Waals surface area contributed by atoms with E-state index in [0.29, 0.717) is 34.9 Å². The van der Waals surface area contributed by atoms with Crippen molar-refractivity contribution in [1.29, 1.82) is 0 Å². The molecule has 1 heterocycles. The summed E-state index contributed by atoms with van der Waals surface area (Å²) >= 11 is 0. The molecular formula is C28H26FNO5. The SMILES string of the molecule is CCCOc1ccc(/C(O)=C2\C(=O)C(=O)N(c3cccc(OC)c3)C2c2ccc(F)cc2)cc1C. The number of aliphatic hydroxyl groups excluding tert-OH is 1. The number of amides is 1. The lowest BCUT2D eigenvalue weighted by molar-refractivity contribution is -0.132. The third kappa shape index (κ3) is 4.62. The van der Waals surface area contributed by atoms with Gasteiger partial charge in [-0.25, -0.2) is 4.39 Å². The summed E-state index contributed by atoms with van der Waals surface area (Å²) in [7, 11) is 1.50. The number of nitrogens with zero attached hydrogens (tertiary/aromatic N) is 1. The second kappa shape index (κ2) is 10.0. The zero-order valence-corrected chi connectivity index (χ0v) is 19.7. The maximum Gasteiger partial charge on any atom is 0.300 e. The first-order chi connectivity index (χ1) is 16.8. The first-order valence-electron chi connectivity index (χ1n) is 11.3. The van der Waals surface area contributed by atoms with E-state index in [9.17, 15) is 19.1 Å². The molecule has 180 valence electrons. The van der Waals surface area contributed by atoms with Crippen molar-refractivity contribution in [3.63, 3.8) is 0 Å². The molecule has 1 fully saturated rings. The molecule has 0 radical (unpaired) electrons. The number of ether oxygens (including phenoxy) is 2. The first kappa shape index (κ1) is 24.0. The van der Waals surface area contributed by atoms with E-state index in [4.69, 9.17) is 9.47 Å². The maximum absolute atomic E-state index is 13.7. The topological polar surface area (TPSA) is 76.1 Å². The number of aryl methyl sites for hydroxylation is 1. The van der Waals surface area contributed by atoms with E-state index in [2.05, 4.69) is 0 Å². The Labute approximate surface area is 203 Å². The molecule has 0 bridgehead atoms. The molecule has 6 nitrogen and oxygen atoms in total. The minimum Gasteiger partial charge on any atom is -0.507 e. The molecule has 7 heteroatoms. The van der Waals surface area contributed by atoms with Crippen LogP contribution in [0.4, 0.5) is 10.1 Å². The van der Waals surface area contributed by atoms with Gasteiger partial charge in [-0.15, -0.1) is 0 Å². The second-order valence-corrected chi connectivity index (χ2v) is 8.25. The predicted molar refractivity (Wildman–Crippen MR) is 131 cm³/mol. The van der Waals surface area contributed by atoms with Crippen LogP contribution in [0.15, 0.2) is 72.3 Å². The number of carbonyl (C=O) groups is 2. The van der Waals surface area contributed by atoms with Crippen LogP contribution in [0.25, 0.3) is 5.76 Å². The average molecular weight is 476 g/mol. The van der Waals surface area contributed by atoms with Gasteiger partial charge in [-0.1, -0.05) is 25.1 Å². The van der Waals surface area contributed by atoms with Gasteiger partial charge < -0.3 is 14.6 Å². The molecule has 1 aliphatic heterocycles. The van der Waals surface area contributed by atoms with Crippen LogP contribution in [0.5, 0.6) is 11.5 Å². The molecule has 0 aliphatic carbocycles. The Balaban J connectivity index is 1.88. The number of rotatable bonds is 7. The molecular weight excluding hydrogens is 449 g/mol. The number of aliphatic hydroxyl groups is 1. The fourth-order valence-electron chi connectivity index (χ4n) is 4.15. The van der Waals surface area contributed by atoms with Gasteiger partial charge in [0.25, 0.3) is 11.7 Å². The highest BCUT2D eigenvalue weighted by Gasteiger charge is 2.47. The number of carbonyl (C=O) groups excluding carboxylic acids is 2. The standard InChI is InChI=1S/C28H26FNO5/c1-4-14-35-23-13-10-19(15-17(23)2)26(31)24-25(18-8-11-20(29)12-9-18)30(28(33)27(24)32)21-6-5-7-22(16-21)34-3/h5-13,15-16,25,31H,4,14H2,1-3H3/b26-24+. The number of benzene rings is 3. The fourth-order valence-corrected chi connectivity index (χ4v) is 4.15. The summed E-state index contributed by atoms with van der Waals surface area (Å²) in [6.45, 7) is 4.41. The van der Waals surface area contributed by atoms with Crippen molar-refractivity contribution in [2.45, 2.75) is 26.3 Å². The Hall–Kier alpha value is -4.13. The molecule has 1 unspecified atom stereocenters. The Bertz CT molecular complexity index is 1300. The van der Waals surface area contributed by atoms with Crippen LogP contribution in [-0.4, -0.2) is 30.5 Å². The molecule has 1 amide bonds. The molecule has 35 heavy (non-hydrogen) atoms. The zero-order valence-electron chi connectivity index (χ0n) is 19.7. The summed E-state index contributed by atoms with van der Waals surface area (Å²) in [5.74, 6) is -1.22. The van der Waals surface area contributed by atoms with Crippen LogP contribution in [0.3, 0.4) is 0 Å². The van der Waals surface area contributed by atoms with Crippen LogP contribution in [0.2, 0.25) is 0 Å². The van der Waals surface area contributed by atoms with Gasteiger partial charge >= 0.3 is 0 Å². The summed E-state index contributed by atoms with van der Waals surface area (Å²) < 4.78 is 24.7. The Morgan fingerprint density at radius 3 is 2.46 bits per heavy atom. The Kier molecular flexibility index (Phi) is 6.87. The molecule has 3 aromatic carbocycles. The van der Waals surface area contributed by atoms with E-state index in [1.54, 1.807) is 42.5 Å². The van der Waals surface area contributed by atoms with Crippen molar-refractivity contribution in [3.05, 3.63) is 94.8 Å². The second-order valence-electron chi connectivity index (χ2n) is 8.25. The summed E-state index contributed by atoms with van der Waals surface area (Å²) in [6.07, 6.45) is 0.854. The van der Waals surface area contributed by atoms with Gasteiger partial charge in [-0.05, 0) is 66.9 Å². The molecule has 3 aromatic rings. The van der Waals surface area contributed by atoms with Gasteiger partial charge in [-0.2, -0.15) is 0 Å². The van der Waals surface area contributed by atoms with Crippen molar-refractivity contribution in [2.24, 2.45) is 0 Å². The van der Waals surface area contributed by atoms with Crippen molar-refractivity contribution < 1.29 is 28.6 Å². The van der Waals surface area contributed by atoms with Gasteiger partial charge in [0.2, 0.25) is 0 Å². The molecule has 1 aliphatic rings. The molecule has 0 spiro atoms. The van der Waals surface area contributed by atoms with E-state index < -0.39 is 23.5 Å². The molecule has 1 N–H and O–H groups in total. The smallest absolute Gasteiger partial charge is 0.300 e. The van der Waals surface area contributed by atoms with Gasteiger partial charge in [-0.3, -0.25) is 14.5 Å². The Morgan fingerprint density at radius 1 is 1.06 bits per heavy atom. The summed E-state index contributed by atoms with van der Waals surface area (Å²) in [5, 5.41) is 11.3. The Morgan fingerprint density at radius 2 is 1.80 bits per heavy atom. The lowest BCUT2D eigenvalue weighted by Gasteiger charge is -2.25. The number of Topliss-reactive ketones (excluding diaryl/α,β-unsaturated/α-hetero) is 1. The molecule has 1 saturated heterocycles. The van der Waals surface area contributed by atoms with Crippen LogP contribution >= 0.6 is 0 Å². The van der Waals surface area contributed by atoms with Gasteiger partial charge in [0.05, 0.1) is 25.3 Å². The van der Waals surface area contributed by atoms with E-state index in [0.717, 1.165) is 12.0 Å². The van der Waals surface area contributed by atoms with E-state index in [-0.39, 0.29) is 11.3 Å². The van der Waals surface area contributed by atoms with E-state index in [1.165, 1.54) is 36.3 Å². The van der Waals surface area contributed by atoms with Crippen LogP contribution in [0.1, 0.15) is 36.1 Å². The highest BCUT2D eigenvalue weighted by atomic mass is 19.1. The third-order valence-electron chi connectivity index (χ3n) is 5.87. The van der Waals surface area contributed by atoms with Crippen LogP contribution < -0.4 is 14.4 Å². The highest BCUT2D eigenvalue weighted by molar-refractivity contribution is 6.51. The average Bonchev–Trinajstić information content (AvgIpc) is 3.13. The molecule has 0 saturated carbocycles. The van der Waals surface area contributed by atoms with Crippen molar-refractivity contribution in [2.75, 3.05) is 18.6 Å². The highest BCUT2D eigenvalue weighted by Crippen LogP contribution is 2.43. The first-order valence-corrected chi connectivity index (χ1v) is 11.3. The van der Waals surface area contributed by atoms with Crippen LogP contribution in [0, 0.1) is 12.7 Å². The molecule has 4 rings (SSSR count). The van der Waals surface area contributed by atoms with E-state index in [1.807, 2.05) is 13.8 Å². The van der Waals surface area contributed by atoms with Crippen molar-refractivity contribution in [1.82, 2.24) is 0 Å². The fraction of sp³-hybridized carbons (Fsp3) is 0.214. The number of hydrogen-bond acceptors (Lipinski definition) is 5. The lowest BCUT2D eigenvalue weighted by atomic mass is 9.94. The normalized spacial score (nSPS) is 17.0. The van der Waals surface area contributed by atoms with Gasteiger partial charge in [0, 0.05) is 17.3 Å². The number of hydrogen-bond donors (Lipinski definition) is 1. The predicted octanol–water partition coefficient (Wildman–Crippen LogP) is 5.56. The number of methoxy groups -OCH3 is 1. The monoisotopic (exact) mass is 475 g/mol. The lowest BCUT2D eigenvalue weighted by Crippen LogP contribution is -2.29. The minimum atomic E-state index is -0.959. The van der Waals surface area contributed by atoms with E-state index >= 15 is 0 Å². The van der Waals surface area contributed by atoms with Crippen LogP contribution in [-0.2, 0) is 9.59 Å².